The summed E-state index contributed by atoms with van der Waals surface area (Å²) in [4.78, 5) is 37.5. The van der Waals surface area contributed by atoms with Crippen LogP contribution in [-0.4, -0.2) is 87.4 Å². The molecule has 2 unspecified atom stereocenters. The van der Waals surface area contributed by atoms with Gasteiger partial charge >= 0.3 is 17.9 Å². The zero-order valence-electron chi connectivity index (χ0n) is 51.8. The largest absolute Gasteiger partial charge is 0.477 e. The van der Waals surface area contributed by atoms with Gasteiger partial charge < -0.3 is 28.5 Å². The minimum absolute atomic E-state index is 0.177. The van der Waals surface area contributed by atoms with Gasteiger partial charge in [0.1, 0.15) is 13.2 Å². The predicted octanol–water partition coefficient (Wildman–Crippen LogP) is 19.7. The van der Waals surface area contributed by atoms with Crippen LogP contribution in [0.15, 0.2) is 97.2 Å². The lowest BCUT2D eigenvalue weighted by atomic mass is 10.0. The first-order valence-electron chi connectivity index (χ1n) is 32.4. The summed E-state index contributed by atoms with van der Waals surface area (Å²) in [5.41, 5.74) is 0. The number of allylic oxidation sites excluding steroid dienone is 16. The summed E-state index contributed by atoms with van der Waals surface area (Å²) in [6, 6.07) is 0. The molecule has 0 heterocycles. The Morgan fingerprint density at radius 2 is 0.722 bits per heavy atom. The fraction of sp³-hybridized carbons (Fsp3) is 0.729. The van der Waals surface area contributed by atoms with Crippen LogP contribution in [0.1, 0.15) is 271 Å². The molecule has 0 aliphatic rings. The Bertz CT molecular complexity index is 1620. The molecule has 9 heteroatoms. The third-order valence-corrected chi connectivity index (χ3v) is 13.8. The highest BCUT2D eigenvalue weighted by Crippen LogP contribution is 2.17. The number of carbonyl (C=O) groups is 3. The van der Waals surface area contributed by atoms with E-state index >= 15 is 0 Å². The number of ether oxygens (including phenoxy) is 4. The maximum absolute atomic E-state index is 12.9. The smallest absolute Gasteiger partial charge is 0.361 e. The van der Waals surface area contributed by atoms with E-state index in [2.05, 4.69) is 111 Å². The van der Waals surface area contributed by atoms with Crippen LogP contribution in [0, 0.1) is 0 Å². The van der Waals surface area contributed by atoms with Crippen molar-refractivity contribution in [2.45, 2.75) is 283 Å². The topological polar surface area (TPSA) is 108 Å². The molecule has 0 aliphatic heterocycles. The number of unbranched alkanes of at least 4 members (excludes halogenated alkanes) is 28. The third kappa shape index (κ3) is 61.7. The summed E-state index contributed by atoms with van der Waals surface area (Å²) in [6.07, 6.45) is 79.4. The lowest BCUT2D eigenvalue weighted by molar-refractivity contribution is -0.870. The molecule has 0 rings (SSSR count). The van der Waals surface area contributed by atoms with Crippen molar-refractivity contribution in [3.8, 4) is 0 Å². The number of quaternary nitrogens is 1. The second kappa shape index (κ2) is 60.3. The average molecular weight is 1110 g/mol. The Morgan fingerprint density at radius 1 is 0.392 bits per heavy atom. The first-order valence-corrected chi connectivity index (χ1v) is 32.4. The Balaban J connectivity index is 4.23. The zero-order chi connectivity index (χ0) is 57.6. The van der Waals surface area contributed by atoms with Crippen molar-refractivity contribution < 1.29 is 42.9 Å². The molecule has 9 nitrogen and oxygen atoms in total. The fourth-order valence-electron chi connectivity index (χ4n) is 8.87. The molecule has 0 bridgehead atoms. The van der Waals surface area contributed by atoms with Gasteiger partial charge in [0.05, 0.1) is 34.4 Å². The number of nitrogens with zero attached hydrogens (tertiary/aromatic N) is 1. The molecule has 454 valence electrons. The predicted molar refractivity (Wildman–Crippen MR) is 336 cm³/mol. The van der Waals surface area contributed by atoms with E-state index in [1.165, 1.54) is 154 Å². The van der Waals surface area contributed by atoms with Gasteiger partial charge in [-0.1, -0.05) is 259 Å². The van der Waals surface area contributed by atoms with E-state index in [1.54, 1.807) is 0 Å². The molecule has 0 fully saturated rings. The van der Waals surface area contributed by atoms with Crippen LogP contribution in [0.5, 0.6) is 0 Å². The Morgan fingerprint density at radius 3 is 1.10 bits per heavy atom. The summed E-state index contributed by atoms with van der Waals surface area (Å²) in [7, 11) is 5.96. The monoisotopic (exact) mass is 1100 g/mol. The highest BCUT2D eigenvalue weighted by molar-refractivity contribution is 5.71. The van der Waals surface area contributed by atoms with E-state index in [1.807, 2.05) is 21.1 Å². The van der Waals surface area contributed by atoms with Crippen molar-refractivity contribution in [3.05, 3.63) is 97.2 Å². The normalized spacial score (nSPS) is 13.4. The van der Waals surface area contributed by atoms with Gasteiger partial charge in [-0.2, -0.15) is 0 Å². The standard InChI is InChI=1S/C70H121NO8/c1-6-8-10-12-14-16-18-20-22-24-26-28-30-32-33-34-35-37-38-40-42-44-46-48-50-52-54-56-58-60-67(72)77-64-66(65-78-70(69(74)75)76-63-62-71(3,4)5)79-68(73)61-59-57-55-53-51-49-47-45-43-41-39-36-31-29-27-25-23-21-19-17-15-13-11-9-7-2/h9,11,15,17,21,23-24,26-27,29,36,39,43,45,49,51,66,70H,6-8,10,12-14,16,18-20,22,25,28,30-35,37-38,40-42,44,46-48,50,52-65H2,1-5H3/p+1/b11-9-,17-15-,23-21-,26-24-,29-27-,39-36-,45-43-,51-49-. The maximum Gasteiger partial charge on any atom is 0.361 e. The molecule has 0 aromatic carbocycles. The van der Waals surface area contributed by atoms with Crippen LogP contribution >= 0.6 is 0 Å². The number of rotatable bonds is 59. The van der Waals surface area contributed by atoms with E-state index in [9.17, 15) is 19.5 Å². The van der Waals surface area contributed by atoms with Gasteiger partial charge in [-0.25, -0.2) is 4.79 Å². The second-order valence-electron chi connectivity index (χ2n) is 22.7. The number of aliphatic carboxylic acids is 1. The summed E-state index contributed by atoms with van der Waals surface area (Å²) in [6.45, 7) is 4.74. The SMILES string of the molecule is CC/C=C\C/C=C\C/C=C\C/C=C\C/C=C\C/C=C\C/C=C\CCCCCC(=O)OC(COC(=O)CCCCCCCCCCCCCCCCCCC/C=C\CCCCCCCCCC)COC(OCC[N+](C)(C)C)C(=O)O. The van der Waals surface area contributed by atoms with Crippen molar-refractivity contribution in [3.63, 3.8) is 0 Å². The van der Waals surface area contributed by atoms with Gasteiger partial charge in [0.15, 0.2) is 6.10 Å². The van der Waals surface area contributed by atoms with Crippen molar-refractivity contribution in [1.29, 1.82) is 0 Å². The first-order chi connectivity index (χ1) is 38.6. The van der Waals surface area contributed by atoms with E-state index in [4.69, 9.17) is 18.9 Å². The minimum atomic E-state index is -1.53. The Kier molecular flexibility index (Phi) is 57.4. The van der Waals surface area contributed by atoms with E-state index < -0.39 is 24.3 Å². The van der Waals surface area contributed by atoms with Crippen LogP contribution in [0.4, 0.5) is 0 Å². The minimum Gasteiger partial charge on any atom is -0.477 e. The number of hydrogen-bond donors (Lipinski definition) is 1. The van der Waals surface area contributed by atoms with Gasteiger partial charge in [-0.3, -0.25) is 9.59 Å². The zero-order valence-corrected chi connectivity index (χ0v) is 51.8. The molecule has 0 amide bonds. The van der Waals surface area contributed by atoms with Gasteiger partial charge in [-0.05, 0) is 96.3 Å². The van der Waals surface area contributed by atoms with Gasteiger partial charge in [0.2, 0.25) is 0 Å². The van der Waals surface area contributed by atoms with E-state index in [-0.39, 0.29) is 32.2 Å². The van der Waals surface area contributed by atoms with Gasteiger partial charge in [0, 0.05) is 12.8 Å². The van der Waals surface area contributed by atoms with Crippen LogP contribution in [0.2, 0.25) is 0 Å². The number of esters is 2. The van der Waals surface area contributed by atoms with Gasteiger partial charge in [0.25, 0.3) is 6.29 Å². The summed E-state index contributed by atoms with van der Waals surface area (Å²) < 4.78 is 22.9. The highest BCUT2D eigenvalue weighted by atomic mass is 16.7. The lowest BCUT2D eigenvalue weighted by Gasteiger charge is -2.25. The number of carboxylic acid groups (broad SMARTS) is 1. The van der Waals surface area contributed by atoms with E-state index in [0.29, 0.717) is 23.9 Å². The van der Waals surface area contributed by atoms with Crippen molar-refractivity contribution >= 4 is 17.9 Å². The summed E-state index contributed by atoms with van der Waals surface area (Å²) >= 11 is 0. The average Bonchev–Trinajstić information content (AvgIpc) is 3.42. The molecule has 0 aliphatic carbocycles. The van der Waals surface area contributed by atoms with Gasteiger partial charge in [-0.15, -0.1) is 0 Å². The molecular formula is C70H122NO8+. The molecule has 2 atom stereocenters. The molecule has 0 aromatic rings. The first kappa shape index (κ1) is 75.2. The molecule has 79 heavy (non-hydrogen) atoms. The summed E-state index contributed by atoms with van der Waals surface area (Å²) in [5.74, 6) is -2.05. The molecule has 0 saturated heterocycles. The van der Waals surface area contributed by atoms with Crippen LogP contribution in [0.25, 0.3) is 0 Å². The van der Waals surface area contributed by atoms with Crippen molar-refractivity contribution in [2.75, 3.05) is 47.5 Å². The summed E-state index contributed by atoms with van der Waals surface area (Å²) in [5, 5.41) is 9.72. The fourth-order valence-corrected chi connectivity index (χ4v) is 8.87. The highest BCUT2D eigenvalue weighted by Gasteiger charge is 2.25. The maximum atomic E-state index is 12.9. The molecule has 0 saturated carbocycles. The number of hydrogen-bond acceptors (Lipinski definition) is 7. The molecule has 0 spiro atoms. The molecule has 0 radical (unpaired) electrons. The second-order valence-corrected chi connectivity index (χ2v) is 22.7. The quantitative estimate of drug-likeness (QED) is 0.0211. The van der Waals surface area contributed by atoms with Crippen LogP contribution < -0.4 is 0 Å². The van der Waals surface area contributed by atoms with E-state index in [0.717, 1.165) is 83.5 Å². The number of carbonyl (C=O) groups excluding carboxylic acids is 2. The molecular weight excluding hydrogens is 983 g/mol. The lowest BCUT2D eigenvalue weighted by Crippen LogP contribution is -2.40. The van der Waals surface area contributed by atoms with Crippen molar-refractivity contribution in [2.24, 2.45) is 0 Å². The van der Waals surface area contributed by atoms with Crippen LogP contribution in [-0.2, 0) is 33.3 Å². The van der Waals surface area contributed by atoms with Crippen LogP contribution in [0.3, 0.4) is 0 Å². The molecule has 1 N–H and O–H groups in total. The van der Waals surface area contributed by atoms with Crippen molar-refractivity contribution in [1.82, 2.24) is 0 Å². The Labute approximate surface area is 486 Å². The molecule has 0 aromatic heterocycles. The Hall–Kier alpha value is -3.79. The third-order valence-electron chi connectivity index (χ3n) is 13.8. The number of carboxylic acids is 1. The number of likely N-dealkylation sites (N-methyl/N-ethyl adjacent to an activating group) is 1.